The Kier molecular flexibility index (Phi) is 12.6. The van der Waals surface area contributed by atoms with E-state index in [0.717, 1.165) is 16.7 Å². The second-order valence-corrected chi connectivity index (χ2v) is 13.8. The Morgan fingerprint density at radius 1 is 0.795 bits per heavy atom. The van der Waals surface area contributed by atoms with E-state index in [4.69, 9.17) is 9.47 Å². The summed E-state index contributed by atoms with van der Waals surface area (Å²) >= 11 is 0. The first-order valence-electron chi connectivity index (χ1n) is 15.2. The van der Waals surface area contributed by atoms with Crippen LogP contribution >= 0.6 is 0 Å². The molecule has 0 aliphatic rings. The standard InChI is InChI=1S/C35H51N3O6/c1-22(2)20-27(37-33(42)44-35(8,9)10)31(40)38(11)29(26-19-15-16-23(3)24(26)4)30(39)36-28(32(41)43-34(5,6)7)21-25-17-13-12-14-18-25/h12-19,22,27-29H,20-21H2,1-11H3,(H,36,39)(H,37,42). The molecule has 0 heterocycles. The van der Waals surface area contributed by atoms with Crippen LogP contribution in [0.1, 0.15) is 90.1 Å². The molecule has 44 heavy (non-hydrogen) atoms. The number of hydrogen-bond donors (Lipinski definition) is 2. The van der Waals surface area contributed by atoms with Crippen molar-refractivity contribution in [3.8, 4) is 0 Å². The first-order valence-corrected chi connectivity index (χ1v) is 15.2. The molecule has 242 valence electrons. The van der Waals surface area contributed by atoms with Crippen molar-refractivity contribution in [3.63, 3.8) is 0 Å². The number of nitrogens with one attached hydrogen (secondary N) is 2. The maximum Gasteiger partial charge on any atom is 0.408 e. The molecule has 0 saturated heterocycles. The molecule has 2 aromatic carbocycles. The number of carbonyl (C=O) groups excluding carboxylic acids is 4. The predicted molar refractivity (Wildman–Crippen MR) is 172 cm³/mol. The summed E-state index contributed by atoms with van der Waals surface area (Å²) in [6.07, 6.45) is -0.182. The van der Waals surface area contributed by atoms with Crippen molar-refractivity contribution < 1.29 is 28.7 Å². The number of aryl methyl sites for hydroxylation is 1. The molecule has 0 aliphatic heterocycles. The number of amides is 3. The minimum atomic E-state index is -1.10. The molecule has 9 heteroatoms. The molecule has 0 spiro atoms. The van der Waals surface area contributed by atoms with Crippen LogP contribution in [0.2, 0.25) is 0 Å². The lowest BCUT2D eigenvalue weighted by Crippen LogP contribution is -2.54. The first-order chi connectivity index (χ1) is 20.3. The Bertz CT molecular complexity index is 1290. The molecule has 3 amide bonds. The van der Waals surface area contributed by atoms with Gasteiger partial charge in [-0.15, -0.1) is 0 Å². The van der Waals surface area contributed by atoms with E-state index in [1.807, 2.05) is 70.2 Å². The maximum atomic E-state index is 14.3. The molecule has 9 nitrogen and oxygen atoms in total. The van der Waals surface area contributed by atoms with Gasteiger partial charge in [-0.25, -0.2) is 9.59 Å². The second kappa shape index (κ2) is 15.2. The Morgan fingerprint density at radius 2 is 1.39 bits per heavy atom. The van der Waals surface area contributed by atoms with Gasteiger partial charge in [0.05, 0.1) is 0 Å². The third kappa shape index (κ3) is 11.3. The summed E-state index contributed by atoms with van der Waals surface area (Å²) in [5.41, 5.74) is 1.71. The summed E-state index contributed by atoms with van der Waals surface area (Å²) in [4.78, 5) is 55.8. The lowest BCUT2D eigenvalue weighted by molar-refractivity contribution is -0.159. The van der Waals surface area contributed by atoms with Gasteiger partial charge in [-0.05, 0) is 90.0 Å². The fraction of sp³-hybridized carbons (Fsp3) is 0.543. The van der Waals surface area contributed by atoms with Gasteiger partial charge >= 0.3 is 12.1 Å². The molecule has 2 N–H and O–H groups in total. The summed E-state index contributed by atoms with van der Waals surface area (Å²) in [6.45, 7) is 18.3. The number of rotatable bonds is 11. The van der Waals surface area contributed by atoms with Crippen LogP contribution in [0, 0.1) is 19.8 Å². The first kappa shape index (κ1) is 36.3. The number of benzene rings is 2. The second-order valence-electron chi connectivity index (χ2n) is 13.8. The number of hydrogen-bond acceptors (Lipinski definition) is 6. The molecule has 0 radical (unpaired) electrons. The van der Waals surface area contributed by atoms with Gasteiger partial charge in [-0.3, -0.25) is 9.59 Å². The highest BCUT2D eigenvalue weighted by Crippen LogP contribution is 2.27. The smallest absolute Gasteiger partial charge is 0.408 e. The SMILES string of the molecule is Cc1cccc(C(C(=O)NC(Cc2ccccc2)C(=O)OC(C)(C)C)N(C)C(=O)C(CC(C)C)NC(=O)OC(C)(C)C)c1C. The number of nitrogens with zero attached hydrogens (tertiary/aromatic N) is 1. The topological polar surface area (TPSA) is 114 Å². The number of likely N-dealkylation sites (N-methyl/N-ethyl adjacent to an activating group) is 1. The van der Waals surface area contributed by atoms with Crippen LogP contribution < -0.4 is 10.6 Å². The van der Waals surface area contributed by atoms with E-state index in [9.17, 15) is 19.2 Å². The molecule has 0 saturated carbocycles. The molecule has 2 aromatic rings. The normalized spacial score (nSPS) is 13.8. The van der Waals surface area contributed by atoms with E-state index in [1.165, 1.54) is 11.9 Å². The fourth-order valence-electron chi connectivity index (χ4n) is 4.78. The van der Waals surface area contributed by atoms with Crippen LogP contribution in [-0.4, -0.2) is 59.1 Å². The van der Waals surface area contributed by atoms with Crippen LogP contribution in [0.4, 0.5) is 4.79 Å². The highest BCUT2D eigenvalue weighted by Gasteiger charge is 2.37. The molecular weight excluding hydrogens is 558 g/mol. The summed E-state index contributed by atoms with van der Waals surface area (Å²) < 4.78 is 11.1. The van der Waals surface area contributed by atoms with Crippen LogP contribution in [0.5, 0.6) is 0 Å². The molecule has 0 fully saturated rings. The van der Waals surface area contributed by atoms with E-state index in [2.05, 4.69) is 10.6 Å². The number of alkyl carbamates (subject to hydrolysis) is 1. The van der Waals surface area contributed by atoms with Gasteiger partial charge in [0.1, 0.15) is 29.3 Å². The number of esters is 1. The van der Waals surface area contributed by atoms with Gasteiger partial charge in [-0.1, -0.05) is 62.4 Å². The third-order valence-electron chi connectivity index (χ3n) is 6.91. The zero-order valence-corrected chi connectivity index (χ0v) is 28.2. The average Bonchev–Trinajstić information content (AvgIpc) is 2.88. The molecule has 0 aromatic heterocycles. The Labute approximate surface area is 263 Å². The van der Waals surface area contributed by atoms with Crippen molar-refractivity contribution in [1.29, 1.82) is 0 Å². The molecule has 3 atom stereocenters. The number of ether oxygens (including phenoxy) is 2. The Hall–Kier alpha value is -3.88. The van der Waals surface area contributed by atoms with Crippen LogP contribution in [0.3, 0.4) is 0 Å². The summed E-state index contributed by atoms with van der Waals surface area (Å²) in [5, 5.41) is 5.62. The van der Waals surface area contributed by atoms with Gasteiger partial charge in [0.15, 0.2) is 0 Å². The minimum Gasteiger partial charge on any atom is -0.458 e. The van der Waals surface area contributed by atoms with Crippen molar-refractivity contribution in [2.24, 2.45) is 5.92 Å². The van der Waals surface area contributed by atoms with Gasteiger partial charge in [0.2, 0.25) is 11.8 Å². The third-order valence-corrected chi connectivity index (χ3v) is 6.91. The van der Waals surface area contributed by atoms with Crippen LogP contribution in [0.25, 0.3) is 0 Å². The van der Waals surface area contributed by atoms with E-state index < -0.39 is 53.2 Å². The van der Waals surface area contributed by atoms with E-state index in [1.54, 1.807) is 47.6 Å². The Balaban J connectivity index is 2.53. The number of carbonyl (C=O) groups is 4. The zero-order valence-electron chi connectivity index (χ0n) is 28.2. The molecule has 2 rings (SSSR count). The molecular formula is C35H51N3O6. The lowest BCUT2D eigenvalue weighted by Gasteiger charge is -2.34. The van der Waals surface area contributed by atoms with Crippen LogP contribution in [-0.2, 0) is 30.3 Å². The van der Waals surface area contributed by atoms with E-state index >= 15 is 0 Å². The van der Waals surface area contributed by atoms with Crippen LogP contribution in [0.15, 0.2) is 48.5 Å². The van der Waals surface area contributed by atoms with Crippen molar-refractivity contribution in [1.82, 2.24) is 15.5 Å². The van der Waals surface area contributed by atoms with Crippen molar-refractivity contribution >= 4 is 23.9 Å². The van der Waals surface area contributed by atoms with Gasteiger partial charge in [0.25, 0.3) is 0 Å². The van der Waals surface area contributed by atoms with Gasteiger partial charge < -0.3 is 25.0 Å². The van der Waals surface area contributed by atoms with E-state index in [0.29, 0.717) is 12.0 Å². The fourth-order valence-corrected chi connectivity index (χ4v) is 4.78. The predicted octanol–water partition coefficient (Wildman–Crippen LogP) is 5.81. The quantitative estimate of drug-likeness (QED) is 0.311. The summed E-state index contributed by atoms with van der Waals surface area (Å²) in [7, 11) is 1.54. The molecule has 0 aliphatic carbocycles. The lowest BCUT2D eigenvalue weighted by atomic mass is 9.94. The zero-order chi connectivity index (χ0) is 33.4. The molecule has 3 unspecified atom stereocenters. The van der Waals surface area contributed by atoms with Crippen molar-refractivity contribution in [2.75, 3.05) is 7.05 Å². The van der Waals surface area contributed by atoms with Gasteiger partial charge in [-0.2, -0.15) is 0 Å². The maximum absolute atomic E-state index is 14.3. The monoisotopic (exact) mass is 609 g/mol. The summed E-state index contributed by atoms with van der Waals surface area (Å²) in [5.74, 6) is -1.51. The van der Waals surface area contributed by atoms with E-state index in [-0.39, 0.29) is 12.3 Å². The highest BCUT2D eigenvalue weighted by atomic mass is 16.6. The van der Waals surface area contributed by atoms with Gasteiger partial charge in [0, 0.05) is 13.5 Å². The average molecular weight is 610 g/mol. The largest absolute Gasteiger partial charge is 0.458 e. The molecule has 0 bridgehead atoms. The van der Waals surface area contributed by atoms with Crippen molar-refractivity contribution in [2.45, 2.75) is 111 Å². The summed E-state index contributed by atoms with van der Waals surface area (Å²) in [6, 6.07) is 11.9. The minimum absolute atomic E-state index is 0.0580. The van der Waals surface area contributed by atoms with Crippen molar-refractivity contribution in [3.05, 3.63) is 70.8 Å². The Morgan fingerprint density at radius 3 is 1.93 bits per heavy atom. The highest BCUT2D eigenvalue weighted by molar-refractivity contribution is 5.94.